The van der Waals surface area contributed by atoms with E-state index in [0.717, 1.165) is 23.7 Å². The molecule has 1 spiro atoms. The van der Waals surface area contributed by atoms with Crippen LogP contribution in [0.5, 0.6) is 5.75 Å². The van der Waals surface area contributed by atoms with E-state index in [1.165, 1.54) is 12.8 Å². The molecule has 1 aromatic heterocycles. The van der Waals surface area contributed by atoms with Gasteiger partial charge in [-0.05, 0) is 25.0 Å². The van der Waals surface area contributed by atoms with Crippen molar-refractivity contribution in [1.29, 1.82) is 0 Å². The Balaban J connectivity index is 1.57. The highest BCUT2D eigenvalue weighted by molar-refractivity contribution is 6.00. The highest BCUT2D eigenvalue weighted by Gasteiger charge is 2.40. The molecule has 6 nitrogen and oxygen atoms in total. The number of benzene rings is 1. The van der Waals surface area contributed by atoms with Gasteiger partial charge in [-0.2, -0.15) is 0 Å². The largest absolute Gasteiger partial charge is 0.497 e. The topological polar surface area (TPSA) is 63.7 Å². The van der Waals surface area contributed by atoms with Crippen LogP contribution >= 0.6 is 0 Å². The first-order valence-electron chi connectivity index (χ1n) is 8.82. The SMILES string of the molecule is COc1cc(NC(=O)N2CCOC3(CCCC3)C2)c2ncccc2c1. The number of amides is 2. The van der Waals surface area contributed by atoms with Gasteiger partial charge in [-0.1, -0.05) is 18.9 Å². The van der Waals surface area contributed by atoms with Crippen molar-refractivity contribution >= 4 is 22.6 Å². The fourth-order valence-corrected chi connectivity index (χ4v) is 3.91. The van der Waals surface area contributed by atoms with Gasteiger partial charge in [0.1, 0.15) is 5.75 Å². The second-order valence-electron chi connectivity index (χ2n) is 6.84. The van der Waals surface area contributed by atoms with Crippen molar-refractivity contribution in [3.05, 3.63) is 30.5 Å². The van der Waals surface area contributed by atoms with E-state index in [-0.39, 0.29) is 11.6 Å². The summed E-state index contributed by atoms with van der Waals surface area (Å²) in [5.74, 6) is 0.699. The van der Waals surface area contributed by atoms with Crippen LogP contribution in [0.2, 0.25) is 0 Å². The molecule has 2 aliphatic rings. The summed E-state index contributed by atoms with van der Waals surface area (Å²) in [6.07, 6.45) is 6.17. The van der Waals surface area contributed by atoms with E-state index in [9.17, 15) is 4.79 Å². The molecule has 1 aliphatic carbocycles. The number of methoxy groups -OCH3 is 1. The number of anilines is 1. The molecule has 1 saturated carbocycles. The van der Waals surface area contributed by atoms with Gasteiger partial charge in [0.25, 0.3) is 0 Å². The number of carbonyl (C=O) groups excluding carboxylic acids is 1. The Morgan fingerprint density at radius 2 is 2.20 bits per heavy atom. The first-order valence-corrected chi connectivity index (χ1v) is 8.82. The van der Waals surface area contributed by atoms with Crippen LogP contribution in [-0.4, -0.2) is 48.3 Å². The molecule has 4 rings (SSSR count). The van der Waals surface area contributed by atoms with E-state index in [1.807, 2.05) is 29.2 Å². The number of ether oxygens (including phenoxy) is 2. The number of hydrogen-bond donors (Lipinski definition) is 1. The quantitative estimate of drug-likeness (QED) is 0.909. The molecule has 2 amide bonds. The summed E-state index contributed by atoms with van der Waals surface area (Å²) >= 11 is 0. The molecule has 25 heavy (non-hydrogen) atoms. The Hall–Kier alpha value is -2.34. The van der Waals surface area contributed by atoms with Gasteiger partial charge < -0.3 is 19.7 Å². The molecule has 0 atom stereocenters. The van der Waals surface area contributed by atoms with E-state index in [4.69, 9.17) is 9.47 Å². The van der Waals surface area contributed by atoms with Gasteiger partial charge in [0.05, 0.1) is 37.1 Å². The summed E-state index contributed by atoms with van der Waals surface area (Å²) < 4.78 is 11.4. The monoisotopic (exact) mass is 341 g/mol. The number of morpholine rings is 1. The summed E-state index contributed by atoms with van der Waals surface area (Å²) in [7, 11) is 1.62. The number of aromatic nitrogens is 1. The Morgan fingerprint density at radius 1 is 1.36 bits per heavy atom. The van der Waals surface area contributed by atoms with Gasteiger partial charge in [-0.15, -0.1) is 0 Å². The molecule has 2 heterocycles. The summed E-state index contributed by atoms with van der Waals surface area (Å²) in [5, 5.41) is 3.96. The van der Waals surface area contributed by atoms with Crippen LogP contribution in [-0.2, 0) is 4.74 Å². The lowest BCUT2D eigenvalue weighted by atomic mass is 10.00. The summed E-state index contributed by atoms with van der Waals surface area (Å²) in [5.41, 5.74) is 1.30. The number of fused-ring (bicyclic) bond motifs is 1. The molecule has 132 valence electrons. The minimum atomic E-state index is -0.135. The van der Waals surface area contributed by atoms with Gasteiger partial charge in [0, 0.05) is 24.2 Å². The van der Waals surface area contributed by atoms with Crippen LogP contribution in [0.1, 0.15) is 25.7 Å². The Bertz CT molecular complexity index is 787. The highest BCUT2D eigenvalue weighted by Crippen LogP contribution is 2.36. The number of carbonyl (C=O) groups is 1. The van der Waals surface area contributed by atoms with Crippen LogP contribution in [0.4, 0.5) is 10.5 Å². The molecule has 1 aliphatic heterocycles. The van der Waals surface area contributed by atoms with Gasteiger partial charge in [-0.3, -0.25) is 4.98 Å². The van der Waals surface area contributed by atoms with Crippen LogP contribution in [0.25, 0.3) is 10.9 Å². The standard InChI is InChI=1S/C19H23N3O3/c1-24-15-11-14-5-4-8-20-17(14)16(12-15)21-18(23)22-9-10-25-19(13-22)6-2-3-7-19/h4-5,8,11-12H,2-3,6-7,9-10,13H2,1H3,(H,21,23). The summed E-state index contributed by atoms with van der Waals surface area (Å²) in [6, 6.07) is 7.47. The Morgan fingerprint density at radius 3 is 3.00 bits per heavy atom. The normalized spacial score (nSPS) is 19.3. The van der Waals surface area contributed by atoms with Crippen molar-refractivity contribution in [2.24, 2.45) is 0 Å². The number of nitrogens with one attached hydrogen (secondary N) is 1. The molecule has 0 bridgehead atoms. The first-order chi connectivity index (χ1) is 12.2. The lowest BCUT2D eigenvalue weighted by Gasteiger charge is -2.40. The average molecular weight is 341 g/mol. The predicted molar refractivity (Wildman–Crippen MR) is 96.0 cm³/mol. The number of hydrogen-bond acceptors (Lipinski definition) is 4. The zero-order valence-electron chi connectivity index (χ0n) is 14.5. The third kappa shape index (κ3) is 3.14. The van der Waals surface area contributed by atoms with E-state index in [2.05, 4.69) is 10.3 Å². The molecule has 1 N–H and O–H groups in total. The van der Waals surface area contributed by atoms with Crippen LogP contribution in [0.3, 0.4) is 0 Å². The third-order valence-corrected chi connectivity index (χ3v) is 5.21. The fraction of sp³-hybridized carbons (Fsp3) is 0.474. The fourth-order valence-electron chi connectivity index (χ4n) is 3.91. The average Bonchev–Trinajstić information content (AvgIpc) is 3.09. The number of urea groups is 1. The second kappa shape index (κ2) is 6.52. The molecule has 0 radical (unpaired) electrons. The molecule has 0 unspecified atom stereocenters. The molecule has 6 heteroatoms. The maximum absolute atomic E-state index is 12.8. The predicted octanol–water partition coefficient (Wildman–Crippen LogP) is 3.42. The molecular formula is C19H23N3O3. The number of rotatable bonds is 2. The lowest BCUT2D eigenvalue weighted by molar-refractivity contribution is -0.0914. The molecule has 1 aromatic carbocycles. The minimum absolute atomic E-state index is 0.102. The Labute approximate surface area is 147 Å². The van der Waals surface area contributed by atoms with Crippen LogP contribution < -0.4 is 10.1 Å². The van der Waals surface area contributed by atoms with Crippen LogP contribution in [0.15, 0.2) is 30.5 Å². The van der Waals surface area contributed by atoms with Gasteiger partial charge >= 0.3 is 6.03 Å². The maximum Gasteiger partial charge on any atom is 0.322 e. The summed E-state index contributed by atoms with van der Waals surface area (Å²) in [4.78, 5) is 19.1. The smallest absolute Gasteiger partial charge is 0.322 e. The molecule has 2 fully saturated rings. The van der Waals surface area contributed by atoms with Crippen molar-refractivity contribution in [1.82, 2.24) is 9.88 Å². The van der Waals surface area contributed by atoms with Gasteiger partial charge in [-0.25, -0.2) is 4.79 Å². The second-order valence-corrected chi connectivity index (χ2v) is 6.84. The number of nitrogens with zero attached hydrogens (tertiary/aromatic N) is 2. The minimum Gasteiger partial charge on any atom is -0.497 e. The van der Waals surface area contributed by atoms with Crippen molar-refractivity contribution in [3.8, 4) is 5.75 Å². The molecule has 2 aromatic rings. The van der Waals surface area contributed by atoms with Gasteiger partial charge in [0.15, 0.2) is 0 Å². The van der Waals surface area contributed by atoms with Gasteiger partial charge in [0.2, 0.25) is 0 Å². The Kier molecular flexibility index (Phi) is 4.21. The molecular weight excluding hydrogens is 318 g/mol. The summed E-state index contributed by atoms with van der Waals surface area (Å²) in [6.45, 7) is 1.88. The van der Waals surface area contributed by atoms with Crippen molar-refractivity contribution in [2.75, 3.05) is 32.1 Å². The first kappa shape index (κ1) is 16.1. The highest BCUT2D eigenvalue weighted by atomic mass is 16.5. The van der Waals surface area contributed by atoms with Crippen LogP contribution in [0, 0.1) is 0 Å². The van der Waals surface area contributed by atoms with Crippen molar-refractivity contribution in [2.45, 2.75) is 31.3 Å². The zero-order chi connectivity index (χ0) is 17.3. The molecule has 1 saturated heterocycles. The number of pyridine rings is 1. The van der Waals surface area contributed by atoms with E-state index >= 15 is 0 Å². The lowest BCUT2D eigenvalue weighted by Crippen LogP contribution is -2.53. The maximum atomic E-state index is 12.8. The van der Waals surface area contributed by atoms with Crippen molar-refractivity contribution in [3.63, 3.8) is 0 Å². The third-order valence-electron chi connectivity index (χ3n) is 5.21. The zero-order valence-corrected chi connectivity index (χ0v) is 14.5. The van der Waals surface area contributed by atoms with Crippen molar-refractivity contribution < 1.29 is 14.3 Å². The van der Waals surface area contributed by atoms with E-state index in [1.54, 1.807) is 13.3 Å². The van der Waals surface area contributed by atoms with E-state index in [0.29, 0.717) is 31.1 Å². The van der Waals surface area contributed by atoms with E-state index < -0.39 is 0 Å².